The van der Waals surface area contributed by atoms with Gasteiger partial charge in [0, 0.05) is 17.6 Å². The first-order valence-corrected chi connectivity index (χ1v) is 7.14. The van der Waals surface area contributed by atoms with Crippen molar-refractivity contribution in [3.8, 4) is 0 Å². The molecule has 0 bridgehead atoms. The minimum absolute atomic E-state index is 0.307. The number of carbonyl (C=O) groups excluding carboxylic acids is 1. The highest BCUT2D eigenvalue weighted by Gasteiger charge is 2.23. The van der Waals surface area contributed by atoms with Crippen LogP contribution in [0.1, 0.15) is 47.6 Å². The number of aryl methyl sites for hydroxylation is 1. The van der Waals surface area contributed by atoms with Crippen LogP contribution < -0.4 is 5.73 Å². The molecule has 0 atom stereocenters. The Balaban J connectivity index is 1.97. The Morgan fingerprint density at radius 2 is 2.10 bits per heavy atom. The van der Waals surface area contributed by atoms with Gasteiger partial charge in [-0.1, -0.05) is 0 Å². The summed E-state index contributed by atoms with van der Waals surface area (Å²) in [4.78, 5) is 13.8. The number of ether oxygens (including phenoxy) is 1. The van der Waals surface area contributed by atoms with E-state index in [1.165, 1.54) is 7.11 Å². The molecule has 0 aromatic carbocycles. The van der Waals surface area contributed by atoms with E-state index in [1.54, 1.807) is 0 Å². The third-order valence-corrected chi connectivity index (χ3v) is 4.11. The van der Waals surface area contributed by atoms with E-state index in [-0.39, 0.29) is 0 Å². The van der Waals surface area contributed by atoms with Gasteiger partial charge in [0.05, 0.1) is 13.7 Å². The Bertz CT molecular complexity index is 462. The van der Waals surface area contributed by atoms with Gasteiger partial charge in [0.1, 0.15) is 5.76 Å². The number of furan rings is 1. The number of hydrogen-bond donors (Lipinski definition) is 1. The molecule has 112 valence electrons. The van der Waals surface area contributed by atoms with Crippen molar-refractivity contribution in [1.82, 2.24) is 4.90 Å². The molecule has 1 aromatic rings. The normalized spacial score (nSPS) is 23.1. The van der Waals surface area contributed by atoms with E-state index in [2.05, 4.69) is 11.9 Å². The van der Waals surface area contributed by atoms with Gasteiger partial charge in [-0.3, -0.25) is 4.90 Å². The fraction of sp³-hybridized carbons (Fsp3) is 0.667. The molecule has 0 aliphatic heterocycles. The van der Waals surface area contributed by atoms with Crippen LogP contribution in [0, 0.1) is 6.92 Å². The summed E-state index contributed by atoms with van der Waals surface area (Å²) in [7, 11) is 3.46. The number of esters is 1. The first-order chi connectivity index (χ1) is 9.51. The van der Waals surface area contributed by atoms with Crippen molar-refractivity contribution in [2.75, 3.05) is 14.2 Å². The number of nitrogens with two attached hydrogens (primary N) is 1. The Morgan fingerprint density at radius 3 is 2.70 bits per heavy atom. The summed E-state index contributed by atoms with van der Waals surface area (Å²) >= 11 is 0. The van der Waals surface area contributed by atoms with E-state index >= 15 is 0 Å². The minimum Gasteiger partial charge on any atom is -0.463 e. The summed E-state index contributed by atoms with van der Waals surface area (Å²) < 4.78 is 10.3. The molecule has 1 aliphatic carbocycles. The Hall–Kier alpha value is -1.33. The van der Waals surface area contributed by atoms with Gasteiger partial charge in [-0.2, -0.15) is 0 Å². The second kappa shape index (κ2) is 6.41. The molecule has 20 heavy (non-hydrogen) atoms. The summed E-state index contributed by atoms with van der Waals surface area (Å²) in [5, 5.41) is 0. The fourth-order valence-corrected chi connectivity index (χ4v) is 2.84. The molecule has 0 spiro atoms. The maximum Gasteiger partial charge on any atom is 0.374 e. The highest BCUT2D eigenvalue weighted by atomic mass is 16.5. The molecule has 0 saturated heterocycles. The van der Waals surface area contributed by atoms with Crippen molar-refractivity contribution in [1.29, 1.82) is 0 Å². The highest BCUT2D eigenvalue weighted by Crippen LogP contribution is 2.24. The van der Waals surface area contributed by atoms with E-state index in [0.717, 1.165) is 37.0 Å². The standard InChI is InChI=1S/C15H24N2O3/c1-10-8-13(20-14(10)15(18)19-3)9-17(2)12-6-4-11(16)5-7-12/h8,11-12H,4-7,9,16H2,1-3H3. The van der Waals surface area contributed by atoms with Crippen LogP contribution in [0.5, 0.6) is 0 Å². The largest absolute Gasteiger partial charge is 0.463 e. The summed E-state index contributed by atoms with van der Waals surface area (Å²) in [5.74, 6) is 0.696. The third kappa shape index (κ3) is 3.41. The Morgan fingerprint density at radius 1 is 1.45 bits per heavy atom. The molecule has 0 amide bonds. The lowest BCUT2D eigenvalue weighted by Crippen LogP contribution is -2.38. The van der Waals surface area contributed by atoms with E-state index < -0.39 is 5.97 Å². The first-order valence-electron chi connectivity index (χ1n) is 7.14. The van der Waals surface area contributed by atoms with Gasteiger partial charge in [0.15, 0.2) is 0 Å². The average Bonchev–Trinajstić information content (AvgIpc) is 2.79. The van der Waals surface area contributed by atoms with Crippen LogP contribution >= 0.6 is 0 Å². The lowest BCUT2D eigenvalue weighted by molar-refractivity contribution is 0.0559. The van der Waals surface area contributed by atoms with Gasteiger partial charge < -0.3 is 14.9 Å². The van der Waals surface area contributed by atoms with Crippen molar-refractivity contribution in [2.24, 2.45) is 5.73 Å². The molecule has 0 radical (unpaired) electrons. The molecular weight excluding hydrogens is 256 g/mol. The van der Waals surface area contributed by atoms with Crippen LogP contribution in [0.2, 0.25) is 0 Å². The molecule has 2 N–H and O–H groups in total. The zero-order chi connectivity index (χ0) is 14.7. The zero-order valence-electron chi connectivity index (χ0n) is 12.5. The molecular formula is C15H24N2O3. The molecule has 5 heteroatoms. The van der Waals surface area contributed by atoms with Gasteiger partial charge >= 0.3 is 5.97 Å². The summed E-state index contributed by atoms with van der Waals surface area (Å²) in [5.41, 5.74) is 6.76. The van der Waals surface area contributed by atoms with E-state index in [9.17, 15) is 4.79 Å². The predicted molar refractivity (Wildman–Crippen MR) is 76.5 cm³/mol. The number of hydrogen-bond acceptors (Lipinski definition) is 5. The van der Waals surface area contributed by atoms with Crippen molar-refractivity contribution in [2.45, 2.75) is 51.2 Å². The van der Waals surface area contributed by atoms with Crippen LogP contribution in [0.3, 0.4) is 0 Å². The van der Waals surface area contributed by atoms with Crippen LogP contribution in [0.25, 0.3) is 0 Å². The maximum absolute atomic E-state index is 11.5. The SMILES string of the molecule is COC(=O)c1oc(CN(C)C2CCC(N)CC2)cc1C. The highest BCUT2D eigenvalue weighted by molar-refractivity contribution is 5.87. The van der Waals surface area contributed by atoms with Crippen molar-refractivity contribution in [3.05, 3.63) is 23.2 Å². The number of nitrogens with zero attached hydrogens (tertiary/aromatic N) is 1. The second-order valence-corrected chi connectivity index (χ2v) is 5.70. The molecule has 1 aliphatic rings. The average molecular weight is 280 g/mol. The van der Waals surface area contributed by atoms with Gasteiger partial charge in [-0.25, -0.2) is 4.79 Å². The zero-order valence-corrected chi connectivity index (χ0v) is 12.5. The van der Waals surface area contributed by atoms with Gasteiger partial charge in [0.25, 0.3) is 0 Å². The molecule has 1 heterocycles. The van der Waals surface area contributed by atoms with E-state index in [4.69, 9.17) is 14.9 Å². The lowest BCUT2D eigenvalue weighted by Gasteiger charge is -2.32. The van der Waals surface area contributed by atoms with Crippen molar-refractivity contribution >= 4 is 5.97 Å². The lowest BCUT2D eigenvalue weighted by atomic mass is 9.91. The summed E-state index contributed by atoms with van der Waals surface area (Å²) in [6.07, 6.45) is 4.42. The quantitative estimate of drug-likeness (QED) is 0.855. The Kier molecular flexibility index (Phi) is 4.83. The fourth-order valence-electron chi connectivity index (χ4n) is 2.84. The Labute approximate surface area is 120 Å². The summed E-state index contributed by atoms with van der Waals surface area (Å²) in [6.45, 7) is 2.57. The molecule has 2 rings (SSSR count). The topological polar surface area (TPSA) is 68.7 Å². The third-order valence-electron chi connectivity index (χ3n) is 4.11. The van der Waals surface area contributed by atoms with Gasteiger partial charge in [-0.15, -0.1) is 0 Å². The first kappa shape index (κ1) is 15.1. The van der Waals surface area contributed by atoms with Crippen molar-refractivity contribution < 1.29 is 13.9 Å². The van der Waals surface area contributed by atoms with Crippen LogP contribution in [-0.4, -0.2) is 37.1 Å². The predicted octanol–water partition coefficient (Wildman–Crippen LogP) is 2.08. The smallest absolute Gasteiger partial charge is 0.374 e. The number of methoxy groups -OCH3 is 1. The molecule has 0 unspecified atom stereocenters. The van der Waals surface area contributed by atoms with Gasteiger partial charge in [-0.05, 0) is 45.7 Å². The van der Waals surface area contributed by atoms with Crippen LogP contribution in [0.4, 0.5) is 0 Å². The number of carbonyl (C=O) groups is 1. The molecule has 5 nitrogen and oxygen atoms in total. The monoisotopic (exact) mass is 280 g/mol. The second-order valence-electron chi connectivity index (χ2n) is 5.70. The maximum atomic E-state index is 11.5. The summed E-state index contributed by atoms with van der Waals surface area (Å²) in [6, 6.07) is 2.82. The molecule has 1 aromatic heterocycles. The van der Waals surface area contributed by atoms with Crippen molar-refractivity contribution in [3.63, 3.8) is 0 Å². The molecule has 1 fully saturated rings. The van der Waals surface area contributed by atoms with Gasteiger partial charge in [0.2, 0.25) is 5.76 Å². The van der Waals surface area contributed by atoms with E-state index in [1.807, 2.05) is 13.0 Å². The minimum atomic E-state index is -0.417. The van der Waals surface area contributed by atoms with Crippen LogP contribution in [-0.2, 0) is 11.3 Å². The van der Waals surface area contributed by atoms with Crippen LogP contribution in [0.15, 0.2) is 10.5 Å². The van der Waals surface area contributed by atoms with E-state index in [0.29, 0.717) is 24.4 Å². The molecule has 1 saturated carbocycles. The number of rotatable bonds is 4.